The average molecular weight is 364 g/mol. The lowest BCUT2D eigenvalue weighted by Crippen LogP contribution is -2.46. The van der Waals surface area contributed by atoms with E-state index in [0.29, 0.717) is 10.9 Å². The van der Waals surface area contributed by atoms with Crippen molar-refractivity contribution >= 4 is 28.4 Å². The Labute approximate surface area is 155 Å². The van der Waals surface area contributed by atoms with Crippen LogP contribution in [0.5, 0.6) is 0 Å². The van der Waals surface area contributed by atoms with Gasteiger partial charge in [-0.05, 0) is 37.3 Å². The van der Waals surface area contributed by atoms with E-state index in [1.807, 2.05) is 37.3 Å². The number of carbonyl (C=O) groups is 1. The zero-order valence-corrected chi connectivity index (χ0v) is 15.0. The second-order valence-electron chi connectivity index (χ2n) is 6.68. The van der Waals surface area contributed by atoms with Crippen LogP contribution in [-0.4, -0.2) is 47.2 Å². The Balaban J connectivity index is 1.55. The van der Waals surface area contributed by atoms with Crippen molar-refractivity contribution in [3.05, 3.63) is 64.1 Å². The van der Waals surface area contributed by atoms with Crippen molar-refractivity contribution < 1.29 is 9.90 Å². The van der Waals surface area contributed by atoms with Crippen LogP contribution in [0.4, 0.5) is 11.5 Å². The van der Waals surface area contributed by atoms with Crippen molar-refractivity contribution in [2.75, 3.05) is 36.0 Å². The number of aryl methyl sites for hydroxylation is 1. The molecule has 0 amide bonds. The van der Waals surface area contributed by atoms with Gasteiger partial charge in [-0.3, -0.25) is 4.79 Å². The predicted molar refractivity (Wildman–Crippen MR) is 105 cm³/mol. The summed E-state index contributed by atoms with van der Waals surface area (Å²) in [6.45, 7) is 5.41. The van der Waals surface area contributed by atoms with E-state index in [1.165, 1.54) is 6.20 Å². The fraction of sp³-hybridized carbons (Fsp3) is 0.250. The van der Waals surface area contributed by atoms with E-state index in [-0.39, 0.29) is 5.56 Å². The molecule has 2 N–H and O–H groups in total. The number of carboxylic acids is 1. The van der Waals surface area contributed by atoms with Gasteiger partial charge in [0.25, 0.3) is 0 Å². The number of hydrogen-bond acceptors (Lipinski definition) is 5. The van der Waals surface area contributed by atoms with E-state index in [2.05, 4.69) is 19.8 Å². The number of nitrogens with zero attached hydrogens (tertiary/aromatic N) is 3. The van der Waals surface area contributed by atoms with Gasteiger partial charge < -0.3 is 19.9 Å². The van der Waals surface area contributed by atoms with Crippen molar-refractivity contribution in [1.82, 2.24) is 9.97 Å². The standard InChI is InChI=1S/C20H20N4O3/c1-13-3-2-4-18(22-13)24-9-7-23(8-10-24)14-5-6-15-17(11-14)21-12-16(19(15)25)20(26)27/h2-6,11-12H,7-10H2,1H3,(H,21,25)(H,26,27). The predicted octanol–water partition coefficient (Wildman–Crippen LogP) is 2.26. The van der Waals surface area contributed by atoms with Gasteiger partial charge >= 0.3 is 5.97 Å². The molecule has 0 atom stereocenters. The smallest absolute Gasteiger partial charge is 0.341 e. The van der Waals surface area contributed by atoms with Crippen LogP contribution in [-0.2, 0) is 0 Å². The molecule has 1 aliphatic rings. The van der Waals surface area contributed by atoms with E-state index >= 15 is 0 Å². The average Bonchev–Trinajstić information content (AvgIpc) is 2.68. The summed E-state index contributed by atoms with van der Waals surface area (Å²) in [6.07, 6.45) is 1.26. The Hall–Kier alpha value is -3.35. The monoisotopic (exact) mass is 364 g/mol. The molecule has 1 fully saturated rings. The molecule has 0 unspecified atom stereocenters. The fourth-order valence-corrected chi connectivity index (χ4v) is 3.46. The number of rotatable bonds is 3. The molecule has 7 nitrogen and oxygen atoms in total. The van der Waals surface area contributed by atoms with Gasteiger partial charge in [-0.15, -0.1) is 0 Å². The summed E-state index contributed by atoms with van der Waals surface area (Å²) in [6, 6.07) is 11.5. The van der Waals surface area contributed by atoms with Gasteiger partial charge in [-0.25, -0.2) is 9.78 Å². The maximum Gasteiger partial charge on any atom is 0.341 e. The number of carboxylic acid groups (broad SMARTS) is 1. The second kappa shape index (κ2) is 6.75. The van der Waals surface area contributed by atoms with Crippen LogP contribution < -0.4 is 15.2 Å². The first-order valence-electron chi connectivity index (χ1n) is 8.85. The number of hydrogen-bond donors (Lipinski definition) is 2. The molecule has 27 heavy (non-hydrogen) atoms. The van der Waals surface area contributed by atoms with Gasteiger partial charge in [0.05, 0.1) is 5.52 Å². The van der Waals surface area contributed by atoms with E-state index in [1.54, 1.807) is 6.07 Å². The molecule has 2 aromatic heterocycles. The highest BCUT2D eigenvalue weighted by atomic mass is 16.4. The number of H-pyrrole nitrogens is 1. The summed E-state index contributed by atoms with van der Waals surface area (Å²) in [4.78, 5) is 35.4. The van der Waals surface area contributed by atoms with Crippen LogP contribution in [0.15, 0.2) is 47.4 Å². The molecule has 3 aromatic rings. The zero-order valence-electron chi connectivity index (χ0n) is 15.0. The highest BCUT2D eigenvalue weighted by molar-refractivity contribution is 5.93. The maximum atomic E-state index is 12.3. The molecule has 0 radical (unpaired) electrons. The summed E-state index contributed by atoms with van der Waals surface area (Å²) < 4.78 is 0. The number of anilines is 2. The first-order chi connectivity index (χ1) is 13.0. The van der Waals surface area contributed by atoms with E-state index < -0.39 is 11.4 Å². The minimum Gasteiger partial charge on any atom is -0.477 e. The molecule has 1 aromatic carbocycles. The van der Waals surface area contributed by atoms with Gasteiger partial charge in [0.15, 0.2) is 0 Å². The third-order valence-corrected chi connectivity index (χ3v) is 4.94. The molecule has 1 saturated heterocycles. The lowest BCUT2D eigenvalue weighted by atomic mass is 10.1. The first-order valence-corrected chi connectivity index (χ1v) is 8.85. The van der Waals surface area contributed by atoms with Crippen LogP contribution in [0, 0.1) is 6.92 Å². The Bertz CT molecular complexity index is 1070. The molecular weight excluding hydrogens is 344 g/mol. The van der Waals surface area contributed by atoms with Crippen molar-refractivity contribution in [3.63, 3.8) is 0 Å². The van der Waals surface area contributed by atoms with Crippen LogP contribution in [0.25, 0.3) is 10.9 Å². The summed E-state index contributed by atoms with van der Waals surface area (Å²) in [5.74, 6) is -0.221. The minimum absolute atomic E-state index is 0.241. The van der Waals surface area contributed by atoms with Crippen LogP contribution in [0.3, 0.4) is 0 Å². The van der Waals surface area contributed by atoms with Gasteiger partial charge in [-0.2, -0.15) is 0 Å². The third-order valence-electron chi connectivity index (χ3n) is 4.94. The molecule has 138 valence electrons. The van der Waals surface area contributed by atoms with Gasteiger partial charge in [0.1, 0.15) is 11.4 Å². The lowest BCUT2D eigenvalue weighted by molar-refractivity contribution is 0.0695. The van der Waals surface area contributed by atoms with Crippen molar-refractivity contribution in [1.29, 1.82) is 0 Å². The van der Waals surface area contributed by atoms with Gasteiger partial charge in [0.2, 0.25) is 5.43 Å². The van der Waals surface area contributed by atoms with E-state index in [0.717, 1.165) is 43.4 Å². The number of aromatic amines is 1. The fourth-order valence-electron chi connectivity index (χ4n) is 3.46. The molecule has 0 spiro atoms. The Morgan fingerprint density at radius 3 is 2.56 bits per heavy atom. The number of fused-ring (bicyclic) bond motifs is 1. The summed E-state index contributed by atoms with van der Waals surface area (Å²) in [5.41, 5.74) is 1.96. The quantitative estimate of drug-likeness (QED) is 0.741. The number of pyridine rings is 2. The number of aromatic carboxylic acids is 1. The van der Waals surface area contributed by atoms with E-state index in [4.69, 9.17) is 5.11 Å². The molecule has 1 aliphatic heterocycles. The van der Waals surface area contributed by atoms with Crippen LogP contribution >= 0.6 is 0 Å². The molecular formula is C20H20N4O3. The number of nitrogens with one attached hydrogen (secondary N) is 1. The zero-order chi connectivity index (χ0) is 19.0. The van der Waals surface area contributed by atoms with Crippen molar-refractivity contribution in [2.24, 2.45) is 0 Å². The van der Waals surface area contributed by atoms with Crippen molar-refractivity contribution in [2.45, 2.75) is 6.92 Å². The summed E-state index contributed by atoms with van der Waals surface area (Å²) >= 11 is 0. The normalized spacial score (nSPS) is 14.6. The summed E-state index contributed by atoms with van der Waals surface area (Å²) in [5, 5.41) is 9.47. The SMILES string of the molecule is Cc1cccc(N2CCN(c3ccc4c(=O)c(C(=O)O)c[nH]c4c3)CC2)n1. The molecule has 0 bridgehead atoms. The van der Waals surface area contributed by atoms with Gasteiger partial charge in [0, 0.05) is 49.1 Å². The third kappa shape index (κ3) is 3.23. The maximum absolute atomic E-state index is 12.3. The second-order valence-corrected chi connectivity index (χ2v) is 6.68. The van der Waals surface area contributed by atoms with Crippen LogP contribution in [0.1, 0.15) is 16.1 Å². The highest BCUT2D eigenvalue weighted by Crippen LogP contribution is 2.22. The minimum atomic E-state index is -1.22. The lowest BCUT2D eigenvalue weighted by Gasteiger charge is -2.36. The molecule has 4 rings (SSSR count). The highest BCUT2D eigenvalue weighted by Gasteiger charge is 2.19. The van der Waals surface area contributed by atoms with Gasteiger partial charge in [-0.1, -0.05) is 6.07 Å². The van der Waals surface area contributed by atoms with Crippen molar-refractivity contribution in [3.8, 4) is 0 Å². The molecule has 0 saturated carbocycles. The molecule has 7 heteroatoms. The van der Waals surface area contributed by atoms with Crippen LogP contribution in [0.2, 0.25) is 0 Å². The number of benzene rings is 1. The topological polar surface area (TPSA) is 89.5 Å². The Morgan fingerprint density at radius 1 is 1.11 bits per heavy atom. The van der Waals surface area contributed by atoms with E-state index in [9.17, 15) is 9.59 Å². The molecule has 3 heterocycles. The largest absolute Gasteiger partial charge is 0.477 e. The Morgan fingerprint density at radius 2 is 1.85 bits per heavy atom. The summed E-state index contributed by atoms with van der Waals surface area (Å²) in [7, 11) is 0. The number of piperazine rings is 1. The Kier molecular flexibility index (Phi) is 4.27. The first kappa shape index (κ1) is 17.1. The molecule has 0 aliphatic carbocycles. The number of aromatic nitrogens is 2.